The van der Waals surface area contributed by atoms with Crippen LogP contribution in [0.1, 0.15) is 32.2 Å². The van der Waals surface area contributed by atoms with Gasteiger partial charge < -0.3 is 14.5 Å². The number of rotatable bonds is 5. The molecule has 196 valence electrons. The van der Waals surface area contributed by atoms with Crippen molar-refractivity contribution in [2.45, 2.75) is 32.2 Å². The normalized spacial score (nSPS) is 16.9. The Labute approximate surface area is 219 Å². The number of nitrogens with zero attached hydrogens (tertiary/aromatic N) is 6. The maximum absolute atomic E-state index is 13.2. The molecule has 0 aromatic carbocycles. The maximum Gasteiger partial charge on any atom is 0.329 e. The lowest BCUT2D eigenvalue weighted by Gasteiger charge is -2.35. The molecule has 2 aliphatic rings. The highest BCUT2D eigenvalue weighted by Crippen LogP contribution is 2.30. The van der Waals surface area contributed by atoms with Crippen LogP contribution in [0.15, 0.2) is 58.5 Å². The Morgan fingerprint density at radius 1 is 1.05 bits per heavy atom. The average molecular weight is 514 g/mol. The Hall–Kier alpha value is -4.05. The average Bonchev–Trinajstić information content (AvgIpc) is 2.97. The number of morpholine rings is 1. The quantitative estimate of drug-likeness (QED) is 0.406. The standard InChI is InChI=1S/C28H31N7O3/c1-3-18(2)33-10-8-20(9-11-33)35-26-21(27(36)32-28(35)37)17-29-23-6-5-22(31-25(23)26)19-4-7-24(30-16-19)34-12-14-38-15-13-34/h4-7,16-17,20H,2-3,8-15H2,1H3,(H,32,36,37). The number of aromatic amines is 1. The first-order chi connectivity index (χ1) is 18.5. The number of aromatic nitrogens is 5. The maximum atomic E-state index is 13.2. The van der Waals surface area contributed by atoms with Gasteiger partial charge in [-0.2, -0.15) is 0 Å². The van der Waals surface area contributed by atoms with Gasteiger partial charge in [-0.3, -0.25) is 19.3 Å². The van der Waals surface area contributed by atoms with E-state index in [-0.39, 0.29) is 6.04 Å². The number of allylic oxidation sites excluding steroid dienone is 1. The van der Waals surface area contributed by atoms with Crippen LogP contribution < -0.4 is 16.1 Å². The SMILES string of the molecule is C=C(CC)N1CCC(n2c(=O)[nH]c(=O)c3cnc4ccc(-c5ccc(N6CCOCC6)nc5)nc4c32)CC1. The van der Waals surface area contributed by atoms with Crippen molar-refractivity contribution in [3.05, 3.63) is 69.8 Å². The molecule has 6 rings (SSSR count). The van der Waals surface area contributed by atoms with Crippen molar-refractivity contribution in [1.82, 2.24) is 29.4 Å². The Kier molecular flexibility index (Phi) is 6.40. The van der Waals surface area contributed by atoms with E-state index in [4.69, 9.17) is 9.72 Å². The van der Waals surface area contributed by atoms with Crippen LogP contribution in [0.2, 0.25) is 0 Å². The van der Waals surface area contributed by atoms with Gasteiger partial charge in [-0.25, -0.2) is 14.8 Å². The summed E-state index contributed by atoms with van der Waals surface area (Å²) in [6, 6.07) is 7.72. The molecule has 0 spiro atoms. The minimum Gasteiger partial charge on any atom is -0.378 e. The van der Waals surface area contributed by atoms with Crippen LogP contribution in [0.3, 0.4) is 0 Å². The zero-order valence-electron chi connectivity index (χ0n) is 21.5. The largest absolute Gasteiger partial charge is 0.378 e. The highest BCUT2D eigenvalue weighted by Gasteiger charge is 2.25. The number of fused-ring (bicyclic) bond motifs is 3. The second kappa shape index (κ2) is 10.0. The molecule has 2 aliphatic heterocycles. The first-order valence-corrected chi connectivity index (χ1v) is 13.2. The number of H-pyrrole nitrogens is 1. The van der Waals surface area contributed by atoms with E-state index >= 15 is 0 Å². The van der Waals surface area contributed by atoms with Crippen LogP contribution in [-0.4, -0.2) is 68.8 Å². The van der Waals surface area contributed by atoms with E-state index in [0.717, 1.165) is 62.5 Å². The smallest absolute Gasteiger partial charge is 0.329 e. The molecule has 1 N–H and O–H groups in total. The summed E-state index contributed by atoms with van der Waals surface area (Å²) >= 11 is 0. The predicted molar refractivity (Wildman–Crippen MR) is 147 cm³/mol. The molecular formula is C28H31N7O3. The van der Waals surface area contributed by atoms with Gasteiger partial charge in [0.2, 0.25) is 0 Å². The van der Waals surface area contributed by atoms with Crippen molar-refractivity contribution in [2.24, 2.45) is 0 Å². The lowest BCUT2D eigenvalue weighted by Crippen LogP contribution is -2.39. The lowest BCUT2D eigenvalue weighted by atomic mass is 10.0. The molecule has 0 bridgehead atoms. The molecule has 2 saturated heterocycles. The Morgan fingerprint density at radius 3 is 2.55 bits per heavy atom. The van der Waals surface area contributed by atoms with Crippen LogP contribution in [0.25, 0.3) is 33.2 Å². The lowest BCUT2D eigenvalue weighted by molar-refractivity contribution is 0.122. The number of anilines is 1. The summed E-state index contributed by atoms with van der Waals surface area (Å²) in [7, 11) is 0. The van der Waals surface area contributed by atoms with Crippen molar-refractivity contribution < 1.29 is 4.74 Å². The summed E-state index contributed by atoms with van der Waals surface area (Å²) in [5, 5.41) is 0.364. The fourth-order valence-electron chi connectivity index (χ4n) is 5.48. The molecule has 10 heteroatoms. The van der Waals surface area contributed by atoms with Gasteiger partial charge in [-0.1, -0.05) is 13.5 Å². The zero-order chi connectivity index (χ0) is 26.2. The molecular weight excluding hydrogens is 482 g/mol. The molecule has 10 nitrogen and oxygen atoms in total. The minimum atomic E-state index is -0.448. The van der Waals surface area contributed by atoms with Crippen molar-refractivity contribution >= 4 is 27.8 Å². The summed E-state index contributed by atoms with van der Waals surface area (Å²) in [5.74, 6) is 0.905. The molecule has 0 amide bonds. The van der Waals surface area contributed by atoms with E-state index in [1.54, 1.807) is 10.8 Å². The molecule has 6 heterocycles. The summed E-state index contributed by atoms with van der Waals surface area (Å²) in [4.78, 5) is 47.1. The van der Waals surface area contributed by atoms with Gasteiger partial charge in [-0.15, -0.1) is 0 Å². The molecule has 2 fully saturated rings. The minimum absolute atomic E-state index is 0.0618. The Morgan fingerprint density at radius 2 is 1.84 bits per heavy atom. The molecule has 4 aromatic heterocycles. The Balaban J connectivity index is 1.43. The first-order valence-electron chi connectivity index (χ1n) is 13.2. The van der Waals surface area contributed by atoms with Crippen LogP contribution >= 0.6 is 0 Å². The summed E-state index contributed by atoms with van der Waals surface area (Å²) in [6.07, 6.45) is 5.80. The van der Waals surface area contributed by atoms with Crippen molar-refractivity contribution in [2.75, 3.05) is 44.3 Å². The van der Waals surface area contributed by atoms with Gasteiger partial charge in [0.25, 0.3) is 5.56 Å². The third kappa shape index (κ3) is 4.34. The molecule has 38 heavy (non-hydrogen) atoms. The van der Waals surface area contributed by atoms with E-state index < -0.39 is 11.2 Å². The van der Waals surface area contributed by atoms with E-state index in [1.807, 2.05) is 30.5 Å². The highest BCUT2D eigenvalue weighted by atomic mass is 16.5. The number of piperidine rings is 1. The second-order valence-electron chi connectivity index (χ2n) is 9.86. The van der Waals surface area contributed by atoms with Gasteiger partial charge in [0.05, 0.1) is 35.3 Å². The van der Waals surface area contributed by atoms with Crippen LogP contribution in [0.4, 0.5) is 5.82 Å². The molecule has 0 saturated carbocycles. The van der Waals surface area contributed by atoms with Gasteiger partial charge >= 0.3 is 5.69 Å². The summed E-state index contributed by atoms with van der Waals surface area (Å²) in [6.45, 7) is 10.9. The van der Waals surface area contributed by atoms with Gasteiger partial charge in [0, 0.05) is 55.9 Å². The second-order valence-corrected chi connectivity index (χ2v) is 9.86. The number of likely N-dealkylation sites (tertiary alicyclic amines) is 1. The number of hydrogen-bond donors (Lipinski definition) is 1. The Bertz CT molecular complexity index is 1610. The van der Waals surface area contributed by atoms with Crippen LogP contribution in [0.5, 0.6) is 0 Å². The number of ether oxygens (including phenoxy) is 1. The van der Waals surface area contributed by atoms with E-state index in [2.05, 4.69) is 38.3 Å². The monoisotopic (exact) mass is 513 g/mol. The van der Waals surface area contributed by atoms with E-state index in [9.17, 15) is 9.59 Å². The van der Waals surface area contributed by atoms with Crippen molar-refractivity contribution in [3.63, 3.8) is 0 Å². The van der Waals surface area contributed by atoms with Crippen LogP contribution in [0, 0.1) is 0 Å². The highest BCUT2D eigenvalue weighted by molar-refractivity contribution is 6.01. The van der Waals surface area contributed by atoms with Crippen molar-refractivity contribution in [1.29, 1.82) is 0 Å². The number of nitrogens with one attached hydrogen (secondary N) is 1. The molecule has 0 aliphatic carbocycles. The summed E-state index contributed by atoms with van der Waals surface area (Å²) in [5.41, 5.74) is 3.53. The van der Waals surface area contributed by atoms with E-state index in [0.29, 0.717) is 40.8 Å². The molecule has 0 radical (unpaired) electrons. The third-order valence-electron chi connectivity index (χ3n) is 7.67. The summed E-state index contributed by atoms with van der Waals surface area (Å²) < 4.78 is 7.17. The fourth-order valence-corrected chi connectivity index (χ4v) is 5.48. The number of pyridine rings is 3. The van der Waals surface area contributed by atoms with Gasteiger partial charge in [-0.05, 0) is 43.5 Å². The number of hydrogen-bond acceptors (Lipinski definition) is 8. The topological polar surface area (TPSA) is 109 Å². The first kappa shape index (κ1) is 24.3. The van der Waals surface area contributed by atoms with E-state index in [1.165, 1.54) is 0 Å². The molecule has 0 unspecified atom stereocenters. The molecule has 0 atom stereocenters. The van der Waals surface area contributed by atoms with Crippen molar-refractivity contribution in [3.8, 4) is 11.3 Å². The predicted octanol–water partition coefficient (Wildman–Crippen LogP) is 3.09. The zero-order valence-corrected chi connectivity index (χ0v) is 21.5. The fraction of sp³-hybridized carbons (Fsp3) is 0.393. The molecule has 4 aromatic rings. The van der Waals surface area contributed by atoms with Crippen LogP contribution in [-0.2, 0) is 4.74 Å². The van der Waals surface area contributed by atoms with Gasteiger partial charge in [0.15, 0.2) is 0 Å². The van der Waals surface area contributed by atoms with Gasteiger partial charge in [0.1, 0.15) is 11.3 Å². The third-order valence-corrected chi connectivity index (χ3v) is 7.67.